The lowest BCUT2D eigenvalue weighted by Gasteiger charge is -2.21. The second kappa shape index (κ2) is 3.50. The molecule has 4 heteroatoms. The second-order valence-corrected chi connectivity index (χ2v) is 3.85. The average molecular weight is 254 g/mol. The van der Waals surface area contributed by atoms with E-state index >= 15 is 0 Å². The highest BCUT2D eigenvalue weighted by molar-refractivity contribution is 9.10. The fraction of sp³-hybridized carbons (Fsp3) is 0.300. The Morgan fingerprint density at radius 2 is 2.14 bits per heavy atom. The van der Waals surface area contributed by atoms with Crippen LogP contribution in [0.5, 0.6) is 11.5 Å². The van der Waals surface area contributed by atoms with Gasteiger partial charge in [0.1, 0.15) is 19.3 Å². The molecule has 0 aromatic heterocycles. The predicted octanol–water partition coefficient (Wildman–Crippen LogP) is 2.40. The fourth-order valence-corrected chi connectivity index (χ4v) is 2.04. The Balaban J connectivity index is 2.65. The van der Waals surface area contributed by atoms with Gasteiger partial charge in [0.05, 0.1) is 5.56 Å². The lowest BCUT2D eigenvalue weighted by Crippen LogP contribution is -2.16. The molecule has 0 atom stereocenters. The molecule has 0 saturated carbocycles. The van der Waals surface area contributed by atoms with Crippen LogP contribution in [0, 0.1) is 18.3 Å². The molecule has 0 spiro atoms. The van der Waals surface area contributed by atoms with Crippen molar-refractivity contribution in [3.63, 3.8) is 0 Å². The van der Waals surface area contributed by atoms with Crippen molar-refractivity contribution in [1.29, 1.82) is 5.26 Å². The number of halogens is 1. The van der Waals surface area contributed by atoms with Crippen molar-refractivity contribution in [1.82, 2.24) is 0 Å². The van der Waals surface area contributed by atoms with E-state index in [4.69, 9.17) is 14.7 Å². The molecule has 1 aliphatic heterocycles. The Kier molecular flexibility index (Phi) is 2.34. The minimum Gasteiger partial charge on any atom is -0.486 e. The van der Waals surface area contributed by atoms with Gasteiger partial charge in [-0.15, -0.1) is 0 Å². The van der Waals surface area contributed by atoms with E-state index in [-0.39, 0.29) is 0 Å². The molecule has 72 valence electrons. The molecule has 0 unspecified atom stereocenters. The Morgan fingerprint density at radius 3 is 2.86 bits per heavy atom. The van der Waals surface area contributed by atoms with E-state index in [1.165, 1.54) is 0 Å². The first-order valence-electron chi connectivity index (χ1n) is 4.23. The van der Waals surface area contributed by atoms with Crippen molar-refractivity contribution in [2.24, 2.45) is 0 Å². The molecule has 1 aliphatic rings. The molecule has 1 aromatic carbocycles. The van der Waals surface area contributed by atoms with Crippen molar-refractivity contribution in [2.75, 3.05) is 13.2 Å². The number of rotatable bonds is 0. The Bertz CT molecular complexity index is 423. The molecule has 0 fully saturated rings. The standard InChI is InChI=1S/C10H8BrNO2/c1-6-7(5-12)8(11)4-9-10(6)14-3-2-13-9/h4H,2-3H2,1H3. The van der Waals surface area contributed by atoms with E-state index in [9.17, 15) is 0 Å². The number of ether oxygens (including phenoxy) is 2. The normalized spacial score (nSPS) is 13.5. The molecule has 0 radical (unpaired) electrons. The number of hydrogen-bond donors (Lipinski definition) is 0. The van der Waals surface area contributed by atoms with Gasteiger partial charge in [-0.05, 0) is 28.9 Å². The van der Waals surface area contributed by atoms with Crippen LogP contribution in [0.3, 0.4) is 0 Å². The van der Waals surface area contributed by atoms with E-state index in [1.807, 2.05) is 6.92 Å². The maximum absolute atomic E-state index is 8.92. The van der Waals surface area contributed by atoms with Gasteiger partial charge in [-0.3, -0.25) is 0 Å². The van der Waals surface area contributed by atoms with E-state index in [2.05, 4.69) is 22.0 Å². The monoisotopic (exact) mass is 253 g/mol. The Hall–Kier alpha value is -1.21. The zero-order chi connectivity index (χ0) is 10.1. The van der Waals surface area contributed by atoms with Gasteiger partial charge in [0.15, 0.2) is 11.5 Å². The van der Waals surface area contributed by atoms with Crippen molar-refractivity contribution in [3.8, 4) is 17.6 Å². The van der Waals surface area contributed by atoms with E-state index < -0.39 is 0 Å². The van der Waals surface area contributed by atoms with Crippen LogP contribution in [0.25, 0.3) is 0 Å². The Morgan fingerprint density at radius 1 is 1.43 bits per heavy atom. The van der Waals surface area contributed by atoms with Gasteiger partial charge in [0, 0.05) is 10.0 Å². The van der Waals surface area contributed by atoms with E-state index in [0.717, 1.165) is 10.0 Å². The molecule has 0 bridgehead atoms. The molecule has 1 heterocycles. The van der Waals surface area contributed by atoms with Gasteiger partial charge in [-0.2, -0.15) is 5.26 Å². The highest BCUT2D eigenvalue weighted by Crippen LogP contribution is 2.39. The summed E-state index contributed by atoms with van der Waals surface area (Å²) in [6.45, 7) is 2.96. The first kappa shape index (κ1) is 9.35. The van der Waals surface area contributed by atoms with Crippen LogP contribution < -0.4 is 9.47 Å². The highest BCUT2D eigenvalue weighted by Gasteiger charge is 2.19. The third-order valence-electron chi connectivity index (χ3n) is 2.14. The molecule has 3 nitrogen and oxygen atoms in total. The number of fused-ring (bicyclic) bond motifs is 1. The number of hydrogen-bond acceptors (Lipinski definition) is 3. The smallest absolute Gasteiger partial charge is 0.165 e. The minimum atomic E-state index is 0.542. The summed E-state index contributed by atoms with van der Waals surface area (Å²) in [5.74, 6) is 1.40. The summed E-state index contributed by atoms with van der Waals surface area (Å²) >= 11 is 3.33. The minimum absolute atomic E-state index is 0.542. The maximum Gasteiger partial charge on any atom is 0.165 e. The van der Waals surface area contributed by atoms with Crippen LogP contribution in [0.15, 0.2) is 10.5 Å². The molecular weight excluding hydrogens is 246 g/mol. The molecule has 14 heavy (non-hydrogen) atoms. The van der Waals surface area contributed by atoms with Crippen molar-refractivity contribution in [3.05, 3.63) is 21.7 Å². The molecule has 0 amide bonds. The molecular formula is C10H8BrNO2. The van der Waals surface area contributed by atoms with Gasteiger partial charge in [-0.1, -0.05) is 0 Å². The summed E-state index contributed by atoms with van der Waals surface area (Å²) in [5.41, 5.74) is 1.44. The first-order chi connectivity index (χ1) is 6.74. The van der Waals surface area contributed by atoms with Gasteiger partial charge in [-0.25, -0.2) is 0 Å². The third kappa shape index (κ3) is 1.34. The summed E-state index contributed by atoms with van der Waals surface area (Å²) in [6, 6.07) is 3.91. The number of nitrogens with zero attached hydrogens (tertiary/aromatic N) is 1. The summed E-state index contributed by atoms with van der Waals surface area (Å²) < 4.78 is 11.6. The first-order valence-corrected chi connectivity index (χ1v) is 5.02. The van der Waals surface area contributed by atoms with Crippen LogP contribution in [-0.2, 0) is 0 Å². The average Bonchev–Trinajstić information content (AvgIpc) is 2.18. The van der Waals surface area contributed by atoms with Crippen LogP contribution in [-0.4, -0.2) is 13.2 Å². The third-order valence-corrected chi connectivity index (χ3v) is 2.76. The van der Waals surface area contributed by atoms with Gasteiger partial charge in [0.25, 0.3) is 0 Å². The lowest BCUT2D eigenvalue weighted by molar-refractivity contribution is 0.170. The van der Waals surface area contributed by atoms with Gasteiger partial charge >= 0.3 is 0 Å². The van der Waals surface area contributed by atoms with Crippen LogP contribution in [0.4, 0.5) is 0 Å². The van der Waals surface area contributed by atoms with Crippen molar-refractivity contribution < 1.29 is 9.47 Å². The SMILES string of the molecule is Cc1c(C#N)c(Br)cc2c1OCCO2. The summed E-state index contributed by atoms with van der Waals surface area (Å²) in [4.78, 5) is 0. The lowest BCUT2D eigenvalue weighted by atomic mass is 10.1. The van der Waals surface area contributed by atoms with Crippen LogP contribution in [0.2, 0.25) is 0 Å². The van der Waals surface area contributed by atoms with E-state index in [0.29, 0.717) is 30.3 Å². The highest BCUT2D eigenvalue weighted by atomic mass is 79.9. The molecule has 0 saturated heterocycles. The largest absolute Gasteiger partial charge is 0.486 e. The molecule has 1 aromatic rings. The predicted molar refractivity (Wildman–Crippen MR) is 54.6 cm³/mol. The molecule has 0 aliphatic carbocycles. The summed E-state index contributed by atoms with van der Waals surface area (Å²) in [6.07, 6.45) is 0. The topological polar surface area (TPSA) is 42.2 Å². The van der Waals surface area contributed by atoms with Crippen molar-refractivity contribution >= 4 is 15.9 Å². The fourth-order valence-electron chi connectivity index (χ4n) is 1.45. The van der Waals surface area contributed by atoms with E-state index in [1.54, 1.807) is 6.07 Å². The number of nitriles is 1. The zero-order valence-corrected chi connectivity index (χ0v) is 9.22. The summed E-state index contributed by atoms with van der Waals surface area (Å²) in [7, 11) is 0. The van der Waals surface area contributed by atoms with Crippen LogP contribution in [0.1, 0.15) is 11.1 Å². The van der Waals surface area contributed by atoms with Gasteiger partial charge < -0.3 is 9.47 Å². The molecule has 0 N–H and O–H groups in total. The maximum atomic E-state index is 8.92. The zero-order valence-electron chi connectivity index (χ0n) is 7.63. The quantitative estimate of drug-likeness (QED) is 0.713. The van der Waals surface area contributed by atoms with Gasteiger partial charge in [0.2, 0.25) is 0 Å². The van der Waals surface area contributed by atoms with Crippen LogP contribution >= 0.6 is 15.9 Å². The number of benzene rings is 1. The molecule has 2 rings (SSSR count). The Labute approximate surface area is 90.4 Å². The summed E-state index contributed by atoms with van der Waals surface area (Å²) in [5, 5.41) is 8.92. The van der Waals surface area contributed by atoms with Crippen molar-refractivity contribution in [2.45, 2.75) is 6.92 Å². The second-order valence-electron chi connectivity index (χ2n) is 2.99.